The van der Waals surface area contributed by atoms with Crippen molar-refractivity contribution < 1.29 is 57.2 Å². The maximum absolute atomic E-state index is 12.8. The highest BCUT2D eigenvalue weighted by Crippen LogP contribution is 2.62. The van der Waals surface area contributed by atoms with E-state index >= 15 is 0 Å². The van der Waals surface area contributed by atoms with Crippen molar-refractivity contribution in [2.45, 2.75) is 201 Å². The zero-order chi connectivity index (χ0) is 54.6. The molecule has 8 aliphatic carbocycles. The van der Waals surface area contributed by atoms with Crippen molar-refractivity contribution in [1.29, 1.82) is 0 Å². The van der Waals surface area contributed by atoms with Crippen LogP contribution in [0.5, 0.6) is 0 Å². The summed E-state index contributed by atoms with van der Waals surface area (Å²) >= 11 is 14.9. The second-order valence-electron chi connectivity index (χ2n) is 24.5. The zero-order valence-electron chi connectivity index (χ0n) is 46.3. The molecule has 0 aromatic rings. The number of carbonyl (C=O) groups is 6. The Labute approximate surface area is 451 Å². The van der Waals surface area contributed by atoms with Gasteiger partial charge in [-0.3, -0.25) is 19.3 Å². The van der Waals surface area contributed by atoms with Crippen molar-refractivity contribution in [3.8, 4) is 0 Å². The fourth-order valence-electron chi connectivity index (χ4n) is 13.9. The summed E-state index contributed by atoms with van der Waals surface area (Å²) in [5.41, 5.74) is -2.31. The Bertz CT molecular complexity index is 1800. The number of carbonyl (C=O) groups excluding carboxylic acids is 6. The van der Waals surface area contributed by atoms with Gasteiger partial charge in [0, 0.05) is 43.2 Å². The Morgan fingerprint density at radius 3 is 1.52 bits per heavy atom. The molecule has 420 valence electrons. The SMILES string of the molecule is CC(C)(C)OC(=O)C[C@@H]1CCNC1.CCN(C(C)C)C(C)C.COC(=O)C12CC3CC(C1)C(OC(=O)Cl)C(C3)C2.COC(=O)C12CC3CC(C1)C(OC(=O)N1CC[C@@H](NC(=O)OC(C)(C)C)C1)C(C3)C2.ClCCl. The molecule has 6 atom stereocenters. The molecule has 10 rings (SSSR count). The fraction of sp³-hybridized carbons (Fsp3) is 0.889. The molecule has 2 N–H and O–H groups in total. The van der Waals surface area contributed by atoms with Gasteiger partial charge in [-0.2, -0.15) is 0 Å². The number of ether oxygens (including phenoxy) is 6. The number of hydrogen-bond donors (Lipinski definition) is 2. The molecule has 0 aromatic heterocycles. The molecule has 0 spiro atoms. The minimum Gasteiger partial charge on any atom is -0.469 e. The van der Waals surface area contributed by atoms with E-state index in [1.54, 1.807) is 4.90 Å². The van der Waals surface area contributed by atoms with E-state index in [1.165, 1.54) is 14.2 Å². The first kappa shape index (κ1) is 62.7. The predicted octanol–water partition coefficient (Wildman–Crippen LogP) is 10.7. The molecule has 19 heteroatoms. The highest BCUT2D eigenvalue weighted by Gasteiger charge is 2.61. The molecule has 2 amide bonds. The molecule has 2 saturated heterocycles. The van der Waals surface area contributed by atoms with Crippen molar-refractivity contribution in [2.75, 3.05) is 52.3 Å². The largest absolute Gasteiger partial charge is 0.469 e. The Balaban J connectivity index is 0.000000228. The lowest BCUT2D eigenvalue weighted by Crippen LogP contribution is -2.58. The maximum atomic E-state index is 12.8. The topological polar surface area (TPSA) is 188 Å². The zero-order valence-corrected chi connectivity index (χ0v) is 48.6. The highest BCUT2D eigenvalue weighted by atomic mass is 35.5. The summed E-state index contributed by atoms with van der Waals surface area (Å²) in [7, 11) is 2.92. The molecule has 8 saturated carbocycles. The first-order chi connectivity index (χ1) is 34.1. The summed E-state index contributed by atoms with van der Waals surface area (Å²) in [6, 6.07) is 1.25. The van der Waals surface area contributed by atoms with Crippen LogP contribution in [0.4, 0.5) is 14.4 Å². The minimum atomic E-state index is -0.723. The number of esters is 3. The quantitative estimate of drug-likeness (QED) is 0.0910. The van der Waals surface area contributed by atoms with Crippen LogP contribution in [0.15, 0.2) is 0 Å². The van der Waals surface area contributed by atoms with Crippen LogP contribution in [0.3, 0.4) is 0 Å². The van der Waals surface area contributed by atoms with Crippen LogP contribution in [-0.4, -0.2) is 139 Å². The third kappa shape index (κ3) is 18.2. The van der Waals surface area contributed by atoms with Gasteiger partial charge in [-0.1, -0.05) is 6.92 Å². The Morgan fingerprint density at radius 2 is 1.16 bits per heavy atom. The summed E-state index contributed by atoms with van der Waals surface area (Å²) in [5.74, 6) is 2.36. The van der Waals surface area contributed by atoms with Gasteiger partial charge in [0.25, 0.3) is 0 Å². The molecule has 10 aliphatic rings. The van der Waals surface area contributed by atoms with E-state index in [1.807, 2.05) is 41.5 Å². The number of nitrogens with one attached hydrogen (secondary N) is 2. The lowest BCUT2D eigenvalue weighted by atomic mass is 9.48. The molecule has 2 aliphatic heterocycles. The van der Waals surface area contributed by atoms with Crippen LogP contribution in [0.25, 0.3) is 0 Å². The number of hydrogen-bond acceptors (Lipinski definition) is 14. The second kappa shape index (κ2) is 27.5. The van der Waals surface area contributed by atoms with Crippen LogP contribution >= 0.6 is 34.8 Å². The maximum Gasteiger partial charge on any atom is 0.410 e. The Kier molecular flexibility index (Phi) is 23.6. The van der Waals surface area contributed by atoms with Gasteiger partial charge >= 0.3 is 35.5 Å². The van der Waals surface area contributed by atoms with E-state index in [0.29, 0.717) is 55.8 Å². The fourth-order valence-corrected chi connectivity index (χ4v) is 14.0. The van der Waals surface area contributed by atoms with Gasteiger partial charge in [0.05, 0.1) is 36.4 Å². The minimum absolute atomic E-state index is 0.0683. The van der Waals surface area contributed by atoms with E-state index in [4.69, 9.17) is 63.2 Å². The van der Waals surface area contributed by atoms with Gasteiger partial charge < -0.3 is 44.0 Å². The molecule has 2 heterocycles. The molecule has 16 nitrogen and oxygen atoms in total. The Hall–Kier alpha value is -2.79. The van der Waals surface area contributed by atoms with Crippen molar-refractivity contribution in [2.24, 2.45) is 52.3 Å². The number of methoxy groups -OCH3 is 2. The van der Waals surface area contributed by atoms with Gasteiger partial charge in [-0.05, 0) is 207 Å². The number of likely N-dealkylation sites (tertiary alicyclic amines) is 1. The van der Waals surface area contributed by atoms with Crippen molar-refractivity contribution in [3.63, 3.8) is 0 Å². The first-order valence-electron chi connectivity index (χ1n) is 26.9. The summed E-state index contributed by atoms with van der Waals surface area (Å²) < 4.78 is 31.9. The first-order valence-corrected chi connectivity index (χ1v) is 28.3. The smallest absolute Gasteiger partial charge is 0.410 e. The highest BCUT2D eigenvalue weighted by molar-refractivity contribution is 6.61. The average Bonchev–Trinajstić information content (AvgIpc) is 3.97. The van der Waals surface area contributed by atoms with Gasteiger partial charge in [0.2, 0.25) is 0 Å². The monoisotopic (exact) mass is 1090 g/mol. The molecule has 4 unspecified atom stereocenters. The molecule has 73 heavy (non-hydrogen) atoms. The van der Waals surface area contributed by atoms with Crippen LogP contribution < -0.4 is 10.6 Å². The molecule has 0 radical (unpaired) electrons. The summed E-state index contributed by atoms with van der Waals surface area (Å²) in [5, 5.41) is 6.26. The molecule has 10 fully saturated rings. The van der Waals surface area contributed by atoms with Gasteiger partial charge in [0.1, 0.15) is 23.4 Å². The van der Waals surface area contributed by atoms with Gasteiger partial charge in [0.15, 0.2) is 0 Å². The summed E-state index contributed by atoms with van der Waals surface area (Å²) in [6.45, 7) is 26.5. The molecular weight excluding hydrogens is 1000 g/mol. The number of nitrogens with zero attached hydrogens (tertiary/aromatic N) is 2. The van der Waals surface area contributed by atoms with E-state index in [-0.39, 0.29) is 87.7 Å². The van der Waals surface area contributed by atoms with Crippen LogP contribution in [0, 0.1) is 52.3 Å². The van der Waals surface area contributed by atoms with Crippen molar-refractivity contribution >= 4 is 70.3 Å². The van der Waals surface area contributed by atoms with Gasteiger partial charge in [-0.25, -0.2) is 14.4 Å². The number of alkyl carbamates (subject to hydrolysis) is 1. The van der Waals surface area contributed by atoms with Crippen LogP contribution in [0.2, 0.25) is 0 Å². The normalized spacial score (nSPS) is 32.1. The second-order valence-corrected chi connectivity index (χ2v) is 25.6. The summed E-state index contributed by atoms with van der Waals surface area (Å²) in [4.78, 5) is 75.7. The third-order valence-corrected chi connectivity index (χ3v) is 16.1. The van der Waals surface area contributed by atoms with E-state index < -0.39 is 17.1 Å². The van der Waals surface area contributed by atoms with Crippen molar-refractivity contribution in [1.82, 2.24) is 20.4 Å². The number of rotatable bonds is 10. The van der Waals surface area contributed by atoms with E-state index in [9.17, 15) is 28.8 Å². The average molecular weight is 1090 g/mol. The molecule has 0 aromatic carbocycles. The van der Waals surface area contributed by atoms with E-state index in [2.05, 4.69) is 50.2 Å². The van der Waals surface area contributed by atoms with Crippen LogP contribution in [0.1, 0.15) is 160 Å². The lowest BCUT2D eigenvalue weighted by Gasteiger charge is -2.57. The van der Waals surface area contributed by atoms with Crippen LogP contribution in [-0.2, 0) is 42.8 Å². The number of alkyl halides is 2. The van der Waals surface area contributed by atoms with E-state index in [0.717, 1.165) is 90.3 Å². The van der Waals surface area contributed by atoms with Crippen molar-refractivity contribution in [3.05, 3.63) is 0 Å². The summed E-state index contributed by atoms with van der Waals surface area (Å²) in [6.07, 6.45) is 10.4. The number of halogens is 3. The standard InChI is InChI=1S/C22H34N2O6.C13H17ClO4.C10H19NO2.C8H19N.CH2Cl2/c1-21(2,3)30-19(26)23-16-5-6-24(12-16)20(27)29-17-14-7-13-8-15(17)11-22(9-13,10-14)18(25)28-4;1-17-11(15)13-4-7-2-8(5-13)10(18-12(14)16)9(3-7)6-13;1-10(2,3)13-9(12)6-8-4-5-11-7-8;1-6-9(7(2)3)8(4)5;2-1-3/h13-17H,5-12H2,1-4H3,(H,23,26);7-10H,2-6H2,1H3;8,11H,4-7H2,1-3H3;7-8H,6H2,1-5H3;1H2/t13?,14?,15?,16-,17?,22?;;8-;;/m1.0../s1. The number of amides is 2. The van der Waals surface area contributed by atoms with Gasteiger partial charge in [-0.15, -0.1) is 23.2 Å². The predicted molar refractivity (Wildman–Crippen MR) is 282 cm³/mol. The third-order valence-electron chi connectivity index (χ3n) is 16.0. The lowest BCUT2D eigenvalue weighted by molar-refractivity contribution is -0.182. The molecular formula is C54H91Cl3N4O12. The molecule has 8 bridgehead atoms. The Morgan fingerprint density at radius 1 is 0.712 bits per heavy atom.